The van der Waals surface area contributed by atoms with Gasteiger partial charge in [0, 0.05) is 13.0 Å². The molecule has 0 saturated heterocycles. The molecule has 0 aromatic rings. The molecule has 0 heterocycles. The minimum atomic E-state index is 0.133. The Kier molecular flexibility index (Phi) is 9.93. The highest BCUT2D eigenvalue weighted by Gasteiger charge is 2.16. The summed E-state index contributed by atoms with van der Waals surface area (Å²) < 4.78 is 0. The van der Waals surface area contributed by atoms with Gasteiger partial charge in [-0.05, 0) is 50.9 Å². The predicted octanol–water partition coefficient (Wildman–Crippen LogP) is 4.76. The van der Waals surface area contributed by atoms with E-state index in [1.54, 1.807) is 7.05 Å². The minimum absolute atomic E-state index is 0.133. The molecule has 132 valence electrons. The molecule has 0 fully saturated rings. The molecule has 3 nitrogen and oxygen atoms in total. The third kappa shape index (κ3) is 8.36. The number of hydrazine groups is 1. The topological polar surface area (TPSA) is 41.1 Å². The van der Waals surface area contributed by atoms with Gasteiger partial charge in [-0.1, -0.05) is 56.9 Å². The van der Waals surface area contributed by atoms with Gasteiger partial charge in [-0.2, -0.15) is 0 Å². The molecule has 1 aliphatic rings. The van der Waals surface area contributed by atoms with Crippen LogP contribution in [-0.2, 0) is 4.79 Å². The monoisotopic (exact) mass is 320 g/mol. The van der Waals surface area contributed by atoms with Crippen LogP contribution in [0.5, 0.6) is 0 Å². The summed E-state index contributed by atoms with van der Waals surface area (Å²) in [5, 5.41) is 0. The Labute approximate surface area is 143 Å². The van der Waals surface area contributed by atoms with Crippen LogP contribution in [0.3, 0.4) is 0 Å². The molecule has 3 heteroatoms. The van der Waals surface area contributed by atoms with E-state index in [0.717, 1.165) is 31.6 Å². The van der Waals surface area contributed by atoms with Gasteiger partial charge in [0.25, 0.3) is 0 Å². The number of carbonyl (C=O) groups excluding carboxylic acids is 1. The minimum Gasteiger partial charge on any atom is -0.292 e. The normalized spacial score (nSPS) is 20.5. The first-order chi connectivity index (χ1) is 11.1. The summed E-state index contributed by atoms with van der Waals surface area (Å²) in [6.07, 6.45) is 16.3. The molecule has 1 amide bonds. The summed E-state index contributed by atoms with van der Waals surface area (Å²) in [5.74, 6) is 1.76. The van der Waals surface area contributed by atoms with Crippen molar-refractivity contribution in [1.29, 1.82) is 0 Å². The predicted molar refractivity (Wildman–Crippen MR) is 98.9 cm³/mol. The van der Waals surface area contributed by atoms with E-state index in [1.165, 1.54) is 31.3 Å². The SMILES string of the molecule is CCC(CCCCC(C)CC1C=C(C)CC=CC1)C(=O)NNC. The molecule has 0 bridgehead atoms. The Balaban J connectivity index is 2.23. The van der Waals surface area contributed by atoms with Gasteiger partial charge in [-0.25, -0.2) is 5.43 Å². The van der Waals surface area contributed by atoms with E-state index in [4.69, 9.17) is 0 Å². The zero-order valence-corrected chi connectivity index (χ0v) is 15.5. The number of amides is 1. The largest absolute Gasteiger partial charge is 0.292 e. The molecule has 0 aliphatic heterocycles. The first-order valence-corrected chi connectivity index (χ1v) is 9.35. The van der Waals surface area contributed by atoms with Gasteiger partial charge in [0.05, 0.1) is 0 Å². The lowest BCUT2D eigenvalue weighted by molar-refractivity contribution is -0.126. The number of carbonyl (C=O) groups is 1. The number of hydrogen-bond donors (Lipinski definition) is 2. The summed E-state index contributed by atoms with van der Waals surface area (Å²) in [6.45, 7) is 6.72. The van der Waals surface area contributed by atoms with Gasteiger partial charge in [0.2, 0.25) is 5.91 Å². The maximum absolute atomic E-state index is 11.8. The fourth-order valence-electron chi connectivity index (χ4n) is 3.51. The number of allylic oxidation sites excluding steroid dienone is 4. The van der Waals surface area contributed by atoms with Crippen molar-refractivity contribution in [3.63, 3.8) is 0 Å². The first-order valence-electron chi connectivity index (χ1n) is 9.35. The van der Waals surface area contributed by atoms with Crippen LogP contribution >= 0.6 is 0 Å². The smallest absolute Gasteiger partial charge is 0.237 e. The van der Waals surface area contributed by atoms with E-state index in [2.05, 4.69) is 49.9 Å². The van der Waals surface area contributed by atoms with Crippen LogP contribution in [-0.4, -0.2) is 13.0 Å². The highest BCUT2D eigenvalue weighted by atomic mass is 16.2. The van der Waals surface area contributed by atoms with Gasteiger partial charge in [-0.3, -0.25) is 10.2 Å². The van der Waals surface area contributed by atoms with E-state index in [0.29, 0.717) is 5.92 Å². The standard InChI is InChI=1S/C20H36N2O/c1-5-19(20(23)22-21-4)13-9-7-11-17(3)15-18-12-8-6-10-16(2)14-18/h6,8,14,17-19,21H,5,7,9-13,15H2,1-4H3,(H,22,23). The number of unbranched alkanes of at least 4 members (excludes halogenated alkanes) is 1. The molecule has 2 N–H and O–H groups in total. The van der Waals surface area contributed by atoms with Gasteiger partial charge in [0.15, 0.2) is 0 Å². The van der Waals surface area contributed by atoms with Crippen molar-refractivity contribution in [1.82, 2.24) is 10.9 Å². The van der Waals surface area contributed by atoms with Crippen LogP contribution in [0.2, 0.25) is 0 Å². The number of rotatable bonds is 10. The van der Waals surface area contributed by atoms with E-state index >= 15 is 0 Å². The van der Waals surface area contributed by atoms with E-state index in [-0.39, 0.29) is 11.8 Å². The van der Waals surface area contributed by atoms with Crippen LogP contribution in [0.15, 0.2) is 23.8 Å². The third-order valence-electron chi connectivity index (χ3n) is 4.88. The van der Waals surface area contributed by atoms with Crippen LogP contribution in [0.25, 0.3) is 0 Å². The number of nitrogens with one attached hydrogen (secondary N) is 2. The zero-order valence-electron chi connectivity index (χ0n) is 15.5. The lowest BCUT2D eigenvalue weighted by Gasteiger charge is -2.18. The summed E-state index contributed by atoms with van der Waals surface area (Å²) in [7, 11) is 1.74. The molecule has 0 spiro atoms. The van der Waals surface area contributed by atoms with E-state index in [1.807, 2.05) is 0 Å². The molecule has 23 heavy (non-hydrogen) atoms. The van der Waals surface area contributed by atoms with Crippen LogP contribution in [0.1, 0.15) is 72.1 Å². The first kappa shape index (κ1) is 20.0. The van der Waals surface area contributed by atoms with Gasteiger partial charge in [-0.15, -0.1) is 0 Å². The third-order valence-corrected chi connectivity index (χ3v) is 4.88. The zero-order chi connectivity index (χ0) is 17.1. The van der Waals surface area contributed by atoms with Gasteiger partial charge >= 0.3 is 0 Å². The van der Waals surface area contributed by atoms with E-state index < -0.39 is 0 Å². The second-order valence-corrected chi connectivity index (χ2v) is 7.15. The van der Waals surface area contributed by atoms with Crippen LogP contribution < -0.4 is 10.9 Å². The molecule has 0 aromatic carbocycles. The molecule has 0 aromatic heterocycles. The Morgan fingerprint density at radius 3 is 2.74 bits per heavy atom. The molecule has 3 unspecified atom stereocenters. The van der Waals surface area contributed by atoms with Gasteiger partial charge < -0.3 is 0 Å². The van der Waals surface area contributed by atoms with Crippen molar-refractivity contribution in [2.45, 2.75) is 72.1 Å². The molecular weight excluding hydrogens is 284 g/mol. The molecule has 0 radical (unpaired) electrons. The summed E-state index contributed by atoms with van der Waals surface area (Å²) in [4.78, 5) is 11.8. The average Bonchev–Trinajstić information content (AvgIpc) is 2.71. The second kappa shape index (κ2) is 11.4. The maximum atomic E-state index is 11.8. The fourth-order valence-corrected chi connectivity index (χ4v) is 3.51. The Morgan fingerprint density at radius 1 is 1.30 bits per heavy atom. The van der Waals surface area contributed by atoms with Crippen molar-refractivity contribution in [3.05, 3.63) is 23.8 Å². The second-order valence-electron chi connectivity index (χ2n) is 7.15. The molecule has 1 aliphatic carbocycles. The lowest BCUT2D eigenvalue weighted by atomic mass is 9.88. The van der Waals surface area contributed by atoms with Crippen molar-refractivity contribution in [2.24, 2.45) is 17.8 Å². The van der Waals surface area contributed by atoms with Gasteiger partial charge in [0.1, 0.15) is 0 Å². The van der Waals surface area contributed by atoms with E-state index in [9.17, 15) is 4.79 Å². The Morgan fingerprint density at radius 2 is 2.04 bits per heavy atom. The maximum Gasteiger partial charge on any atom is 0.237 e. The highest BCUT2D eigenvalue weighted by molar-refractivity contribution is 5.77. The molecule has 3 atom stereocenters. The van der Waals surface area contributed by atoms with Crippen LogP contribution in [0.4, 0.5) is 0 Å². The van der Waals surface area contributed by atoms with Crippen molar-refractivity contribution < 1.29 is 4.79 Å². The summed E-state index contributed by atoms with van der Waals surface area (Å²) in [6, 6.07) is 0. The van der Waals surface area contributed by atoms with Crippen molar-refractivity contribution in [3.8, 4) is 0 Å². The quantitative estimate of drug-likeness (QED) is 0.346. The molecule has 1 rings (SSSR count). The lowest BCUT2D eigenvalue weighted by Crippen LogP contribution is -2.38. The number of hydrogen-bond acceptors (Lipinski definition) is 2. The molecular formula is C20H36N2O. The average molecular weight is 321 g/mol. The summed E-state index contributed by atoms with van der Waals surface area (Å²) >= 11 is 0. The van der Waals surface area contributed by atoms with Crippen molar-refractivity contribution >= 4 is 5.91 Å². The highest BCUT2D eigenvalue weighted by Crippen LogP contribution is 2.26. The Hall–Kier alpha value is -1.09. The summed E-state index contributed by atoms with van der Waals surface area (Å²) in [5.41, 5.74) is 6.95. The Bertz CT molecular complexity index is 400. The fraction of sp³-hybridized carbons (Fsp3) is 0.750. The van der Waals surface area contributed by atoms with Crippen LogP contribution in [0, 0.1) is 17.8 Å². The molecule has 0 saturated carbocycles. The van der Waals surface area contributed by atoms with Crippen molar-refractivity contribution in [2.75, 3.05) is 7.05 Å².